The Morgan fingerprint density at radius 1 is 0.867 bits per heavy atom. The van der Waals surface area contributed by atoms with Crippen LogP contribution in [0, 0.1) is 0 Å². The predicted octanol–water partition coefficient (Wildman–Crippen LogP) is 8.10. The number of rotatable bonds is 8. The lowest BCUT2D eigenvalue weighted by atomic mass is 9.78. The van der Waals surface area contributed by atoms with Gasteiger partial charge in [-0.2, -0.15) is 0 Å². The van der Waals surface area contributed by atoms with Crippen molar-refractivity contribution in [3.63, 3.8) is 0 Å². The topological polar surface area (TPSA) is 77.1 Å². The Hall–Kier alpha value is -5.04. The molecular weight excluding hydrogens is 564 g/mol. The highest BCUT2D eigenvalue weighted by Crippen LogP contribution is 2.50. The highest BCUT2D eigenvalue weighted by Gasteiger charge is 2.43. The number of allylic oxidation sites excluding steroid dienone is 1. The Kier molecular flexibility index (Phi) is 8.60. The van der Waals surface area contributed by atoms with Crippen molar-refractivity contribution >= 4 is 23.1 Å². The van der Waals surface area contributed by atoms with E-state index in [-0.39, 0.29) is 30.1 Å². The summed E-state index contributed by atoms with van der Waals surface area (Å²) in [5, 5.41) is 3.62. The number of carbonyl (C=O) groups excluding carboxylic acids is 2. The number of ether oxygens (including phenoxy) is 3. The normalized spacial score (nSPS) is 18.2. The first-order valence-electron chi connectivity index (χ1n) is 15.4. The van der Waals surface area contributed by atoms with Gasteiger partial charge < -0.3 is 19.5 Å². The Bertz CT molecular complexity index is 1750. The van der Waals surface area contributed by atoms with Crippen molar-refractivity contribution in [2.45, 2.75) is 51.2 Å². The third kappa shape index (κ3) is 5.78. The minimum Gasteiger partial charge on any atom is -0.493 e. The molecule has 1 heterocycles. The Labute approximate surface area is 264 Å². The highest BCUT2D eigenvalue weighted by atomic mass is 16.5. The number of nitrogens with one attached hydrogen (secondary N) is 1. The molecule has 0 radical (unpaired) electrons. The van der Waals surface area contributed by atoms with Crippen molar-refractivity contribution in [3.8, 4) is 17.2 Å². The van der Waals surface area contributed by atoms with E-state index in [1.165, 1.54) is 0 Å². The summed E-state index contributed by atoms with van der Waals surface area (Å²) in [5.74, 6) is 1.60. The van der Waals surface area contributed by atoms with Crippen molar-refractivity contribution in [1.82, 2.24) is 0 Å². The van der Waals surface area contributed by atoms with E-state index in [2.05, 4.69) is 12.2 Å². The van der Waals surface area contributed by atoms with E-state index in [1.807, 2.05) is 104 Å². The van der Waals surface area contributed by atoms with Crippen LogP contribution in [0.15, 0.2) is 108 Å². The molecular formula is C38H38N2O5. The predicted molar refractivity (Wildman–Crippen MR) is 176 cm³/mol. The molecule has 1 N–H and O–H groups in total. The van der Waals surface area contributed by atoms with E-state index in [9.17, 15) is 9.59 Å². The molecule has 7 heteroatoms. The number of para-hydroxylation sites is 3. The summed E-state index contributed by atoms with van der Waals surface area (Å²) >= 11 is 0. The van der Waals surface area contributed by atoms with Gasteiger partial charge in [-0.3, -0.25) is 14.5 Å². The smallest absolute Gasteiger partial charge is 0.259 e. The number of Topliss-reactive ketones (excluding diaryl/α,β-unsaturated/α-hetero) is 1. The average molecular weight is 603 g/mol. The summed E-state index contributed by atoms with van der Waals surface area (Å²) in [4.78, 5) is 30.9. The average Bonchev–Trinajstić information content (AvgIpc) is 3.22. The van der Waals surface area contributed by atoms with Gasteiger partial charge in [0.05, 0.1) is 37.7 Å². The van der Waals surface area contributed by atoms with Crippen LogP contribution < -0.4 is 24.4 Å². The second kappa shape index (κ2) is 12.9. The van der Waals surface area contributed by atoms with Gasteiger partial charge >= 0.3 is 0 Å². The number of hydrogen-bond donors (Lipinski definition) is 1. The van der Waals surface area contributed by atoms with Gasteiger partial charge in [-0.15, -0.1) is 0 Å². The lowest BCUT2D eigenvalue weighted by molar-refractivity contribution is -0.116. The molecule has 0 bridgehead atoms. The zero-order valence-corrected chi connectivity index (χ0v) is 26.1. The second-order valence-corrected chi connectivity index (χ2v) is 11.5. The Morgan fingerprint density at radius 3 is 2.33 bits per heavy atom. The van der Waals surface area contributed by atoms with Crippen LogP contribution >= 0.6 is 0 Å². The number of fused-ring (bicyclic) bond motifs is 1. The van der Waals surface area contributed by atoms with Gasteiger partial charge in [0, 0.05) is 28.8 Å². The first kappa shape index (κ1) is 30.0. The maximum absolute atomic E-state index is 14.6. The summed E-state index contributed by atoms with van der Waals surface area (Å²) in [6, 6.07) is 29.8. The van der Waals surface area contributed by atoms with Crippen LogP contribution in [0.25, 0.3) is 0 Å². The molecule has 1 aliphatic heterocycles. The number of carbonyl (C=O) groups is 2. The van der Waals surface area contributed by atoms with Gasteiger partial charge in [0.1, 0.15) is 5.75 Å². The number of hydrogen-bond acceptors (Lipinski definition) is 6. The van der Waals surface area contributed by atoms with Crippen LogP contribution in [-0.4, -0.2) is 32.0 Å². The molecule has 230 valence electrons. The van der Waals surface area contributed by atoms with Crippen LogP contribution in [0.1, 0.15) is 66.6 Å². The number of ketones is 1. The van der Waals surface area contributed by atoms with Crippen LogP contribution in [0.5, 0.6) is 17.2 Å². The van der Waals surface area contributed by atoms with Gasteiger partial charge in [-0.1, -0.05) is 61.5 Å². The molecule has 4 aromatic carbocycles. The van der Waals surface area contributed by atoms with Crippen LogP contribution in [0.3, 0.4) is 0 Å². The lowest BCUT2D eigenvalue weighted by Crippen LogP contribution is -2.38. The number of amides is 1. The van der Waals surface area contributed by atoms with Crippen molar-refractivity contribution < 1.29 is 23.8 Å². The standard InChI is InChI=1S/C38H38N2O5/c1-5-24(2)45-33-18-12-9-15-28(33)37-36-30(21-27(22-32(36)41)26-19-20-34(43-3)35(23-26)44-4)39-29-16-10-11-17-31(29)40(37)38(42)25-13-7-6-8-14-25/h6-20,23-24,27,37,39H,5,21-22H2,1-4H3/t24-,27+,37+/m1/s1. The third-order valence-electron chi connectivity index (χ3n) is 8.72. The number of nitrogens with zero attached hydrogens (tertiary/aromatic N) is 1. The van der Waals surface area contributed by atoms with Gasteiger partial charge in [0.25, 0.3) is 5.91 Å². The number of anilines is 2. The summed E-state index contributed by atoms with van der Waals surface area (Å²) < 4.78 is 17.5. The van der Waals surface area contributed by atoms with E-state index in [1.54, 1.807) is 19.1 Å². The maximum atomic E-state index is 14.6. The minimum absolute atomic E-state index is 0.0226. The number of benzene rings is 4. The lowest BCUT2D eigenvalue weighted by Gasteiger charge is -2.36. The molecule has 0 unspecified atom stereocenters. The quantitative estimate of drug-likeness (QED) is 0.220. The molecule has 45 heavy (non-hydrogen) atoms. The van der Waals surface area contributed by atoms with Gasteiger partial charge in [0.15, 0.2) is 17.3 Å². The Morgan fingerprint density at radius 2 is 1.58 bits per heavy atom. The van der Waals surface area contributed by atoms with E-state index < -0.39 is 6.04 Å². The first-order chi connectivity index (χ1) is 21.9. The fourth-order valence-electron chi connectivity index (χ4n) is 6.28. The molecule has 1 aliphatic carbocycles. The molecule has 0 spiro atoms. The van der Waals surface area contributed by atoms with E-state index >= 15 is 0 Å². The monoisotopic (exact) mass is 602 g/mol. The molecule has 1 amide bonds. The minimum atomic E-state index is -0.719. The third-order valence-corrected chi connectivity index (χ3v) is 8.72. The zero-order valence-electron chi connectivity index (χ0n) is 26.1. The van der Waals surface area contributed by atoms with E-state index in [4.69, 9.17) is 14.2 Å². The van der Waals surface area contributed by atoms with Crippen LogP contribution in [0.2, 0.25) is 0 Å². The largest absolute Gasteiger partial charge is 0.493 e. The molecule has 0 saturated heterocycles. The first-order valence-corrected chi connectivity index (χ1v) is 15.4. The van der Waals surface area contributed by atoms with Gasteiger partial charge in [-0.25, -0.2) is 0 Å². The molecule has 6 rings (SSSR count). The molecule has 7 nitrogen and oxygen atoms in total. The fraction of sp³-hybridized carbons (Fsp3) is 0.263. The molecule has 0 fully saturated rings. The van der Waals surface area contributed by atoms with E-state index in [0.717, 1.165) is 28.9 Å². The highest BCUT2D eigenvalue weighted by molar-refractivity contribution is 6.12. The number of methoxy groups -OCH3 is 2. The molecule has 2 aliphatic rings. The maximum Gasteiger partial charge on any atom is 0.259 e. The summed E-state index contributed by atoms with van der Waals surface area (Å²) in [6.07, 6.45) is 1.62. The van der Waals surface area contributed by atoms with Gasteiger partial charge in [0.2, 0.25) is 0 Å². The van der Waals surface area contributed by atoms with Crippen molar-refractivity contribution in [3.05, 3.63) is 125 Å². The van der Waals surface area contributed by atoms with Crippen molar-refractivity contribution in [2.24, 2.45) is 0 Å². The molecule has 4 aromatic rings. The van der Waals surface area contributed by atoms with Crippen LogP contribution in [-0.2, 0) is 4.79 Å². The zero-order chi connectivity index (χ0) is 31.5. The summed E-state index contributed by atoms with van der Waals surface area (Å²) in [7, 11) is 3.22. The summed E-state index contributed by atoms with van der Waals surface area (Å²) in [6.45, 7) is 4.10. The Balaban J connectivity index is 1.56. The molecule has 3 atom stereocenters. The van der Waals surface area contributed by atoms with Crippen molar-refractivity contribution in [1.29, 1.82) is 0 Å². The van der Waals surface area contributed by atoms with E-state index in [0.29, 0.717) is 40.5 Å². The van der Waals surface area contributed by atoms with Gasteiger partial charge in [-0.05, 0) is 73.7 Å². The SMILES string of the molecule is CC[C@@H](C)Oc1ccccc1[C@H]1C2=C(C[C@H](c3ccc(OC)c(OC)c3)CC2=O)Nc2ccccc2N1C(=O)c1ccccc1. The van der Waals surface area contributed by atoms with Crippen LogP contribution in [0.4, 0.5) is 11.4 Å². The second-order valence-electron chi connectivity index (χ2n) is 11.5. The molecule has 0 saturated carbocycles. The van der Waals surface area contributed by atoms with Crippen molar-refractivity contribution in [2.75, 3.05) is 24.4 Å². The fourth-order valence-corrected chi connectivity index (χ4v) is 6.28. The summed E-state index contributed by atoms with van der Waals surface area (Å²) in [5.41, 5.74) is 5.12. The molecule has 0 aromatic heterocycles.